The lowest BCUT2D eigenvalue weighted by atomic mass is 9.68. The van der Waals surface area contributed by atoms with E-state index in [0.717, 1.165) is 12.0 Å². The van der Waals surface area contributed by atoms with Gasteiger partial charge in [-0.1, -0.05) is 17.7 Å². The number of fused-ring (bicyclic) bond motifs is 1. The summed E-state index contributed by atoms with van der Waals surface area (Å²) in [7, 11) is 0. The molecule has 1 nitrogen and oxygen atoms in total. The highest BCUT2D eigenvalue weighted by atomic mass is 16.1. The summed E-state index contributed by atoms with van der Waals surface area (Å²) in [4.78, 5) is 11.4. The van der Waals surface area contributed by atoms with Gasteiger partial charge in [0.1, 0.15) is 0 Å². The Morgan fingerprint density at radius 3 is 2.91 bits per heavy atom. The van der Waals surface area contributed by atoms with Gasteiger partial charge in [-0.25, -0.2) is 0 Å². The van der Waals surface area contributed by atoms with Crippen LogP contribution in [-0.2, 0) is 4.79 Å². The smallest absolute Gasteiger partial charge is 0.163 e. The molecule has 1 saturated carbocycles. The van der Waals surface area contributed by atoms with Crippen molar-refractivity contribution in [2.24, 2.45) is 11.8 Å². The first-order chi connectivity index (χ1) is 5.22. The maximum atomic E-state index is 11.4. The molecule has 0 aliphatic heterocycles. The van der Waals surface area contributed by atoms with Crippen LogP contribution in [-0.4, -0.2) is 5.78 Å². The van der Waals surface area contributed by atoms with Crippen LogP contribution in [0.3, 0.4) is 0 Å². The minimum atomic E-state index is 0.319. The molecule has 0 aromatic heterocycles. The van der Waals surface area contributed by atoms with Gasteiger partial charge in [-0.2, -0.15) is 0 Å². The van der Waals surface area contributed by atoms with E-state index in [0.29, 0.717) is 17.6 Å². The molecule has 2 rings (SSSR count). The van der Waals surface area contributed by atoms with Crippen LogP contribution in [0.5, 0.6) is 0 Å². The van der Waals surface area contributed by atoms with Crippen molar-refractivity contribution >= 4 is 5.78 Å². The quantitative estimate of drug-likeness (QED) is 0.380. The lowest BCUT2D eigenvalue weighted by Crippen LogP contribution is -2.37. The number of hydrogen-bond donors (Lipinski definition) is 0. The summed E-state index contributed by atoms with van der Waals surface area (Å²) in [6, 6.07) is 0. The van der Waals surface area contributed by atoms with Crippen molar-refractivity contribution in [2.45, 2.75) is 20.3 Å². The van der Waals surface area contributed by atoms with Crippen molar-refractivity contribution in [3.05, 3.63) is 23.3 Å². The highest BCUT2D eigenvalue weighted by Crippen LogP contribution is 2.45. The van der Waals surface area contributed by atoms with E-state index in [9.17, 15) is 4.79 Å². The zero-order chi connectivity index (χ0) is 8.01. The fourth-order valence-electron chi connectivity index (χ4n) is 2.07. The van der Waals surface area contributed by atoms with Gasteiger partial charge in [0.15, 0.2) is 5.78 Å². The Morgan fingerprint density at radius 2 is 2.27 bits per heavy atom. The van der Waals surface area contributed by atoms with Crippen molar-refractivity contribution in [1.82, 2.24) is 0 Å². The third kappa shape index (κ3) is 0.740. The number of carbonyl (C=O) groups excluding carboxylic acids is 1. The van der Waals surface area contributed by atoms with E-state index in [-0.39, 0.29) is 0 Å². The van der Waals surface area contributed by atoms with Crippen molar-refractivity contribution in [2.75, 3.05) is 0 Å². The summed E-state index contributed by atoms with van der Waals surface area (Å²) in [5.74, 6) is 1.19. The molecule has 58 valence electrons. The van der Waals surface area contributed by atoms with E-state index in [1.54, 1.807) is 0 Å². The number of carbonyl (C=O) groups is 1. The summed E-state index contributed by atoms with van der Waals surface area (Å²) in [5, 5.41) is 0. The molecule has 1 heteroatoms. The second-order valence-corrected chi connectivity index (χ2v) is 3.57. The summed E-state index contributed by atoms with van der Waals surface area (Å²) < 4.78 is 0. The first-order valence-corrected chi connectivity index (χ1v) is 4.10. The van der Waals surface area contributed by atoms with E-state index < -0.39 is 0 Å². The Labute approximate surface area is 66.8 Å². The molecule has 11 heavy (non-hydrogen) atoms. The molecular weight excluding hydrogens is 136 g/mol. The van der Waals surface area contributed by atoms with E-state index >= 15 is 0 Å². The lowest BCUT2D eigenvalue weighted by molar-refractivity contribution is -0.124. The average molecular weight is 148 g/mol. The Balaban J connectivity index is 2.34. The van der Waals surface area contributed by atoms with E-state index in [1.165, 1.54) is 5.57 Å². The highest BCUT2D eigenvalue weighted by molar-refractivity contribution is 6.06. The second kappa shape index (κ2) is 2.07. The van der Waals surface area contributed by atoms with Gasteiger partial charge in [0.05, 0.1) is 0 Å². The molecule has 1 fully saturated rings. The van der Waals surface area contributed by atoms with Crippen molar-refractivity contribution in [1.29, 1.82) is 0 Å². The fraction of sp³-hybridized carbons (Fsp3) is 0.500. The van der Waals surface area contributed by atoms with Crippen LogP contribution in [0, 0.1) is 11.8 Å². The van der Waals surface area contributed by atoms with Gasteiger partial charge in [-0.05, 0) is 20.3 Å². The third-order valence-corrected chi connectivity index (χ3v) is 2.64. The van der Waals surface area contributed by atoms with E-state index in [4.69, 9.17) is 0 Å². The largest absolute Gasteiger partial charge is 0.294 e. The zero-order valence-electron chi connectivity index (χ0n) is 6.92. The fourth-order valence-corrected chi connectivity index (χ4v) is 2.07. The van der Waals surface area contributed by atoms with E-state index in [1.807, 2.05) is 13.8 Å². The minimum absolute atomic E-state index is 0.319. The summed E-state index contributed by atoms with van der Waals surface area (Å²) in [5.41, 5.74) is 2.27. The first-order valence-electron chi connectivity index (χ1n) is 4.10. The molecular formula is C10H12O. The molecule has 0 aromatic carbocycles. The molecule has 0 spiro atoms. The van der Waals surface area contributed by atoms with Crippen LogP contribution in [0.4, 0.5) is 0 Å². The van der Waals surface area contributed by atoms with Crippen LogP contribution in [0.25, 0.3) is 0 Å². The van der Waals surface area contributed by atoms with Crippen LogP contribution in [0.1, 0.15) is 20.3 Å². The molecule has 2 aliphatic carbocycles. The van der Waals surface area contributed by atoms with Crippen LogP contribution >= 0.6 is 0 Å². The second-order valence-electron chi connectivity index (χ2n) is 3.57. The summed E-state index contributed by atoms with van der Waals surface area (Å²) in [6.45, 7) is 4.05. The number of Topliss-reactive ketones (excluding diaryl/α,β-unsaturated/α-hetero) is 1. The Kier molecular flexibility index (Phi) is 1.28. The molecule has 0 amide bonds. The van der Waals surface area contributed by atoms with Gasteiger partial charge in [-0.3, -0.25) is 4.79 Å². The summed E-state index contributed by atoms with van der Waals surface area (Å²) >= 11 is 0. The molecule has 0 N–H and O–H groups in total. The normalized spacial score (nSPS) is 33.6. The van der Waals surface area contributed by atoms with Crippen LogP contribution < -0.4 is 0 Å². The van der Waals surface area contributed by atoms with Gasteiger partial charge in [0, 0.05) is 17.4 Å². The molecule has 0 unspecified atom stereocenters. The summed E-state index contributed by atoms with van der Waals surface area (Å²) in [6.07, 6.45) is 5.28. The van der Waals surface area contributed by atoms with Crippen LogP contribution in [0.15, 0.2) is 23.3 Å². The number of hydrogen-bond acceptors (Lipinski definition) is 1. The maximum Gasteiger partial charge on any atom is 0.163 e. The predicted molar refractivity (Wildman–Crippen MR) is 44.1 cm³/mol. The minimum Gasteiger partial charge on any atom is -0.294 e. The molecule has 0 heterocycles. The average Bonchev–Trinajstić information content (AvgIpc) is 2.30. The standard InChI is InChI=1S/C10H12O/c1-6(2)9-7-4-3-5-8(7)10(9)11/h3-4,7-8H,5H2,1-2H3/t7-,8+/m1/s1. The molecule has 2 atom stereocenters. The molecule has 0 saturated heterocycles. The van der Waals surface area contributed by atoms with Gasteiger partial charge in [0.25, 0.3) is 0 Å². The monoisotopic (exact) mass is 148 g/mol. The highest BCUT2D eigenvalue weighted by Gasteiger charge is 2.45. The topological polar surface area (TPSA) is 17.1 Å². The van der Waals surface area contributed by atoms with Gasteiger partial charge < -0.3 is 0 Å². The van der Waals surface area contributed by atoms with Crippen molar-refractivity contribution < 1.29 is 4.79 Å². The van der Waals surface area contributed by atoms with Crippen molar-refractivity contribution in [3.63, 3.8) is 0 Å². The Bertz CT molecular complexity index is 267. The third-order valence-electron chi connectivity index (χ3n) is 2.64. The zero-order valence-corrected chi connectivity index (χ0v) is 6.92. The number of rotatable bonds is 0. The van der Waals surface area contributed by atoms with Gasteiger partial charge >= 0.3 is 0 Å². The number of ketones is 1. The van der Waals surface area contributed by atoms with Crippen molar-refractivity contribution in [3.8, 4) is 0 Å². The number of allylic oxidation sites excluding steroid dienone is 4. The molecule has 0 aromatic rings. The van der Waals surface area contributed by atoms with E-state index in [2.05, 4.69) is 12.2 Å². The molecule has 0 radical (unpaired) electrons. The molecule has 0 bridgehead atoms. The lowest BCUT2D eigenvalue weighted by Gasteiger charge is -2.33. The van der Waals surface area contributed by atoms with Gasteiger partial charge in [-0.15, -0.1) is 0 Å². The predicted octanol–water partition coefficient (Wildman–Crippen LogP) is 2.10. The Morgan fingerprint density at radius 1 is 1.55 bits per heavy atom. The Hall–Kier alpha value is -0.850. The maximum absolute atomic E-state index is 11.4. The molecule has 2 aliphatic rings. The SMILES string of the molecule is CC(C)=C1C(=O)[C@H]2CC=C[C@@H]12. The van der Waals surface area contributed by atoms with Crippen LogP contribution in [0.2, 0.25) is 0 Å². The first kappa shape index (κ1) is 6.84. The van der Waals surface area contributed by atoms with Gasteiger partial charge in [0.2, 0.25) is 0 Å².